The van der Waals surface area contributed by atoms with Crippen molar-refractivity contribution >= 4 is 28.3 Å². The van der Waals surface area contributed by atoms with Crippen molar-refractivity contribution in [1.29, 1.82) is 0 Å². The zero-order valence-electron chi connectivity index (χ0n) is 19.1. The predicted octanol–water partition coefficient (Wildman–Crippen LogP) is 6.04. The molecule has 7 heteroatoms. The van der Waals surface area contributed by atoms with E-state index in [4.69, 9.17) is 4.74 Å². The van der Waals surface area contributed by atoms with E-state index in [-0.39, 0.29) is 23.4 Å². The van der Waals surface area contributed by atoms with E-state index in [9.17, 15) is 9.18 Å². The fourth-order valence-electron chi connectivity index (χ4n) is 4.27. The largest absolute Gasteiger partial charge is 0.383 e. The third kappa shape index (κ3) is 4.70. The number of carbonyl (C=O) groups is 1. The predicted molar refractivity (Wildman–Crippen MR) is 130 cm³/mol. The molecule has 1 atom stereocenters. The monoisotopic (exact) mass is 463 g/mol. The molecule has 0 spiro atoms. The standard InChI is InChI=1S/C26H26FN3O2S/c1-16-13-23(18(3)30(16)17(2)14-32-4)24(31)15-33-26-22-8-6-5-7-21(22)25(28-29-26)19-9-11-20(27)12-10-19/h5-13,17H,14-15H2,1-4H3/t17-/m1/s1. The van der Waals surface area contributed by atoms with Crippen LogP contribution in [0.15, 0.2) is 59.6 Å². The number of benzene rings is 2. The summed E-state index contributed by atoms with van der Waals surface area (Å²) in [7, 11) is 1.68. The lowest BCUT2D eigenvalue weighted by atomic mass is 10.1. The van der Waals surface area contributed by atoms with Crippen LogP contribution in [0.2, 0.25) is 0 Å². The number of thioether (sulfide) groups is 1. The molecule has 2 aromatic heterocycles. The van der Waals surface area contributed by atoms with Crippen molar-refractivity contribution in [2.45, 2.75) is 31.8 Å². The number of ether oxygens (including phenoxy) is 1. The van der Waals surface area contributed by atoms with Gasteiger partial charge in [-0.3, -0.25) is 4.79 Å². The second-order valence-electron chi connectivity index (χ2n) is 8.08. The zero-order valence-corrected chi connectivity index (χ0v) is 19.9. The van der Waals surface area contributed by atoms with Gasteiger partial charge in [0, 0.05) is 40.4 Å². The van der Waals surface area contributed by atoms with Crippen LogP contribution in [0, 0.1) is 19.7 Å². The Kier molecular flexibility index (Phi) is 6.91. The van der Waals surface area contributed by atoms with Crippen molar-refractivity contribution in [1.82, 2.24) is 14.8 Å². The minimum Gasteiger partial charge on any atom is -0.383 e. The molecule has 4 rings (SSSR count). The maximum Gasteiger partial charge on any atom is 0.174 e. The van der Waals surface area contributed by atoms with Gasteiger partial charge in [0.2, 0.25) is 0 Å². The Balaban J connectivity index is 1.60. The normalized spacial score (nSPS) is 12.3. The lowest BCUT2D eigenvalue weighted by molar-refractivity contribution is 0.102. The fourth-order valence-corrected chi connectivity index (χ4v) is 5.13. The molecule has 0 bridgehead atoms. The molecule has 0 fully saturated rings. The van der Waals surface area contributed by atoms with Crippen molar-refractivity contribution < 1.29 is 13.9 Å². The number of methoxy groups -OCH3 is 1. The first kappa shape index (κ1) is 23.1. The number of aryl methyl sites for hydroxylation is 1. The summed E-state index contributed by atoms with van der Waals surface area (Å²) in [6, 6.07) is 16.1. The number of halogens is 1. The van der Waals surface area contributed by atoms with Crippen LogP contribution in [-0.2, 0) is 4.74 Å². The second-order valence-corrected chi connectivity index (χ2v) is 9.04. The van der Waals surface area contributed by atoms with Crippen molar-refractivity contribution in [2.24, 2.45) is 0 Å². The molecule has 0 aliphatic carbocycles. The average Bonchev–Trinajstić information content (AvgIpc) is 3.12. The molecule has 4 aromatic rings. The quantitative estimate of drug-likeness (QED) is 0.236. The number of rotatable bonds is 8. The number of Topliss-reactive ketones (excluding diaryl/α,β-unsaturated/α-hetero) is 1. The van der Waals surface area contributed by atoms with E-state index in [0.29, 0.717) is 17.3 Å². The highest BCUT2D eigenvalue weighted by atomic mass is 32.2. The molecule has 0 N–H and O–H groups in total. The number of carbonyl (C=O) groups excluding carboxylic acids is 1. The van der Waals surface area contributed by atoms with Gasteiger partial charge < -0.3 is 9.30 Å². The minimum absolute atomic E-state index is 0.0532. The molecular formula is C26H26FN3O2S. The molecule has 0 saturated carbocycles. The number of hydrogen-bond acceptors (Lipinski definition) is 5. The van der Waals surface area contributed by atoms with E-state index in [2.05, 4.69) is 21.7 Å². The molecule has 0 amide bonds. The summed E-state index contributed by atoms with van der Waals surface area (Å²) in [5.74, 6) is 0.0208. The third-order valence-corrected chi connectivity index (χ3v) is 6.73. The van der Waals surface area contributed by atoms with E-state index >= 15 is 0 Å². The number of ketones is 1. The smallest absolute Gasteiger partial charge is 0.174 e. The highest BCUT2D eigenvalue weighted by molar-refractivity contribution is 8.00. The summed E-state index contributed by atoms with van der Waals surface area (Å²) < 4.78 is 20.8. The molecule has 2 heterocycles. The molecular weight excluding hydrogens is 437 g/mol. The summed E-state index contributed by atoms with van der Waals surface area (Å²) in [6.07, 6.45) is 0. The van der Waals surface area contributed by atoms with Gasteiger partial charge in [0.15, 0.2) is 5.78 Å². The van der Waals surface area contributed by atoms with Crippen molar-refractivity contribution in [3.8, 4) is 11.3 Å². The zero-order chi connectivity index (χ0) is 23.5. The van der Waals surface area contributed by atoms with Gasteiger partial charge in [-0.15, -0.1) is 10.2 Å². The number of aromatic nitrogens is 3. The Morgan fingerprint density at radius 3 is 2.48 bits per heavy atom. The first-order valence-electron chi connectivity index (χ1n) is 10.8. The van der Waals surface area contributed by atoms with Crippen LogP contribution in [0.5, 0.6) is 0 Å². The Labute approximate surface area is 197 Å². The summed E-state index contributed by atoms with van der Waals surface area (Å²) in [4.78, 5) is 13.1. The summed E-state index contributed by atoms with van der Waals surface area (Å²) in [5.41, 5.74) is 4.20. The van der Waals surface area contributed by atoms with E-state index in [1.807, 2.05) is 44.2 Å². The van der Waals surface area contributed by atoms with Crippen LogP contribution < -0.4 is 0 Å². The lowest BCUT2D eigenvalue weighted by Crippen LogP contribution is -2.14. The summed E-state index contributed by atoms with van der Waals surface area (Å²) in [6.45, 7) is 6.65. The van der Waals surface area contributed by atoms with E-state index in [1.165, 1.54) is 23.9 Å². The van der Waals surface area contributed by atoms with Gasteiger partial charge in [-0.1, -0.05) is 36.0 Å². The maximum atomic E-state index is 13.4. The number of hydrogen-bond donors (Lipinski definition) is 0. The highest BCUT2D eigenvalue weighted by Gasteiger charge is 2.20. The lowest BCUT2D eigenvalue weighted by Gasteiger charge is -2.17. The molecule has 0 saturated heterocycles. The van der Waals surface area contributed by atoms with Gasteiger partial charge in [-0.25, -0.2) is 4.39 Å². The van der Waals surface area contributed by atoms with Crippen LogP contribution >= 0.6 is 11.8 Å². The molecule has 170 valence electrons. The van der Waals surface area contributed by atoms with Crippen molar-refractivity contribution in [3.63, 3.8) is 0 Å². The molecule has 33 heavy (non-hydrogen) atoms. The Morgan fingerprint density at radius 2 is 1.79 bits per heavy atom. The van der Waals surface area contributed by atoms with Crippen LogP contribution in [0.25, 0.3) is 22.0 Å². The van der Waals surface area contributed by atoms with E-state index < -0.39 is 0 Å². The average molecular weight is 464 g/mol. The molecule has 2 aromatic carbocycles. The molecule has 5 nitrogen and oxygen atoms in total. The minimum atomic E-state index is -0.294. The topological polar surface area (TPSA) is 57.0 Å². The second kappa shape index (κ2) is 9.85. The van der Waals surface area contributed by atoms with Crippen LogP contribution in [0.3, 0.4) is 0 Å². The van der Waals surface area contributed by atoms with Gasteiger partial charge in [0.25, 0.3) is 0 Å². The molecule has 0 aliphatic rings. The Hall–Kier alpha value is -3.03. The van der Waals surface area contributed by atoms with Gasteiger partial charge in [-0.05, 0) is 51.1 Å². The van der Waals surface area contributed by atoms with Crippen molar-refractivity contribution in [3.05, 3.63) is 77.4 Å². The Bertz CT molecular complexity index is 1300. The van der Waals surface area contributed by atoms with Gasteiger partial charge in [0.1, 0.15) is 16.5 Å². The van der Waals surface area contributed by atoms with Crippen molar-refractivity contribution in [2.75, 3.05) is 19.5 Å². The van der Waals surface area contributed by atoms with Gasteiger partial charge in [-0.2, -0.15) is 0 Å². The first-order valence-corrected chi connectivity index (χ1v) is 11.7. The Morgan fingerprint density at radius 1 is 1.09 bits per heavy atom. The summed E-state index contributed by atoms with van der Waals surface area (Å²) in [5, 5.41) is 11.4. The SMILES string of the molecule is COC[C@@H](C)n1c(C)cc(C(=O)CSc2nnc(-c3ccc(F)cc3)c3ccccc23)c1C. The van der Waals surface area contributed by atoms with Crippen LogP contribution in [0.1, 0.15) is 34.7 Å². The molecule has 0 unspecified atom stereocenters. The number of fused-ring (bicyclic) bond motifs is 1. The fraction of sp³-hybridized carbons (Fsp3) is 0.269. The molecule has 0 aliphatic heterocycles. The van der Waals surface area contributed by atoms with Crippen LogP contribution in [0.4, 0.5) is 4.39 Å². The van der Waals surface area contributed by atoms with E-state index in [0.717, 1.165) is 33.3 Å². The first-order chi connectivity index (χ1) is 15.9. The maximum absolute atomic E-state index is 13.4. The number of nitrogens with zero attached hydrogens (tertiary/aromatic N) is 3. The van der Waals surface area contributed by atoms with Crippen LogP contribution in [-0.4, -0.2) is 40.0 Å². The summed E-state index contributed by atoms with van der Waals surface area (Å²) >= 11 is 1.38. The molecule has 0 radical (unpaired) electrons. The third-order valence-electron chi connectivity index (χ3n) is 5.74. The highest BCUT2D eigenvalue weighted by Crippen LogP contribution is 2.32. The van der Waals surface area contributed by atoms with E-state index in [1.54, 1.807) is 19.2 Å². The van der Waals surface area contributed by atoms with Gasteiger partial charge in [0.05, 0.1) is 18.4 Å². The van der Waals surface area contributed by atoms with Gasteiger partial charge >= 0.3 is 0 Å².